The number of hydrogen-bond donors (Lipinski definition) is 1. The minimum absolute atomic E-state index is 0.235. The van der Waals surface area contributed by atoms with Crippen molar-refractivity contribution in [2.45, 2.75) is 76.2 Å². The van der Waals surface area contributed by atoms with Crippen LogP contribution in [0.3, 0.4) is 0 Å². The summed E-state index contributed by atoms with van der Waals surface area (Å²) in [5.41, 5.74) is 6.03. The molecular weight excluding hydrogens is 298 g/mol. The van der Waals surface area contributed by atoms with Crippen molar-refractivity contribution in [1.82, 2.24) is 9.80 Å². The second kappa shape index (κ2) is 6.60. The quantitative estimate of drug-likeness (QED) is 0.860. The number of rotatable bonds is 4. The van der Waals surface area contributed by atoms with E-state index in [4.69, 9.17) is 5.73 Å². The van der Waals surface area contributed by atoms with Crippen molar-refractivity contribution in [3.63, 3.8) is 0 Å². The number of nitrogens with zero attached hydrogens (tertiary/aromatic N) is 2. The third kappa shape index (κ3) is 3.50. The van der Waals surface area contributed by atoms with Gasteiger partial charge in [-0.2, -0.15) is 0 Å². The second-order valence-electron chi connectivity index (χ2n) is 9.31. The van der Waals surface area contributed by atoms with E-state index in [1.165, 1.54) is 77.4 Å². The van der Waals surface area contributed by atoms with Crippen molar-refractivity contribution in [2.24, 2.45) is 17.1 Å². The van der Waals surface area contributed by atoms with E-state index in [1.807, 2.05) is 0 Å². The molecule has 4 rings (SSSR count). The van der Waals surface area contributed by atoms with Crippen molar-refractivity contribution in [3.8, 4) is 0 Å². The standard InChI is InChI=1S/C20H35N3O/c21-20(9-10-20)18(24)23-14-11-19(16-23)8-4-12-22(15-19)13-7-17-5-2-1-3-6-17/h17H,1-16,21H2/t19-/m1/s1. The van der Waals surface area contributed by atoms with Gasteiger partial charge in [0.2, 0.25) is 5.91 Å². The van der Waals surface area contributed by atoms with E-state index in [-0.39, 0.29) is 5.91 Å². The van der Waals surface area contributed by atoms with Gasteiger partial charge in [-0.05, 0) is 57.5 Å². The summed E-state index contributed by atoms with van der Waals surface area (Å²) in [6.45, 7) is 5.66. The Morgan fingerprint density at radius 3 is 2.50 bits per heavy atom. The van der Waals surface area contributed by atoms with E-state index in [2.05, 4.69) is 9.80 Å². The first-order chi connectivity index (χ1) is 11.6. The maximum atomic E-state index is 12.6. The first kappa shape index (κ1) is 16.8. The fourth-order valence-corrected chi connectivity index (χ4v) is 5.45. The van der Waals surface area contributed by atoms with E-state index >= 15 is 0 Å². The molecule has 136 valence electrons. The molecule has 0 aromatic rings. The average Bonchev–Trinajstić information content (AvgIpc) is 3.24. The van der Waals surface area contributed by atoms with Crippen molar-refractivity contribution >= 4 is 5.91 Å². The maximum absolute atomic E-state index is 12.6. The zero-order valence-electron chi connectivity index (χ0n) is 15.3. The first-order valence-corrected chi connectivity index (χ1v) is 10.4. The molecule has 2 saturated carbocycles. The van der Waals surface area contributed by atoms with Gasteiger partial charge in [0.15, 0.2) is 0 Å². The highest BCUT2D eigenvalue weighted by Gasteiger charge is 2.51. The van der Waals surface area contributed by atoms with Crippen LogP contribution in [0.2, 0.25) is 0 Å². The summed E-state index contributed by atoms with van der Waals surface area (Å²) in [6.07, 6.45) is 14.2. The largest absolute Gasteiger partial charge is 0.340 e. The Morgan fingerprint density at radius 2 is 1.75 bits per heavy atom. The van der Waals surface area contributed by atoms with Gasteiger partial charge in [0, 0.05) is 25.0 Å². The van der Waals surface area contributed by atoms with Gasteiger partial charge in [-0.15, -0.1) is 0 Å². The summed E-state index contributed by atoms with van der Waals surface area (Å²) in [5.74, 6) is 1.21. The zero-order valence-corrected chi connectivity index (χ0v) is 15.3. The van der Waals surface area contributed by atoms with Gasteiger partial charge in [-0.25, -0.2) is 0 Å². The average molecular weight is 334 g/mol. The lowest BCUT2D eigenvalue weighted by molar-refractivity contribution is -0.133. The van der Waals surface area contributed by atoms with Crippen LogP contribution in [-0.4, -0.2) is 54.0 Å². The predicted molar refractivity (Wildman–Crippen MR) is 96.6 cm³/mol. The molecule has 0 unspecified atom stereocenters. The van der Waals surface area contributed by atoms with Gasteiger partial charge in [-0.1, -0.05) is 32.1 Å². The molecule has 1 spiro atoms. The molecular formula is C20H35N3O. The molecule has 1 atom stereocenters. The van der Waals surface area contributed by atoms with Gasteiger partial charge in [-0.3, -0.25) is 4.79 Å². The van der Waals surface area contributed by atoms with Crippen LogP contribution in [0.15, 0.2) is 0 Å². The smallest absolute Gasteiger partial charge is 0.242 e. The summed E-state index contributed by atoms with van der Waals surface area (Å²) < 4.78 is 0. The molecule has 2 heterocycles. The molecule has 4 nitrogen and oxygen atoms in total. The third-order valence-electron chi connectivity index (χ3n) is 7.26. The van der Waals surface area contributed by atoms with E-state index in [0.29, 0.717) is 5.41 Å². The topological polar surface area (TPSA) is 49.6 Å². The molecule has 1 amide bonds. The van der Waals surface area contributed by atoms with Gasteiger partial charge in [0.1, 0.15) is 0 Å². The SMILES string of the molecule is NC1(C(=O)N2CC[C@@]3(CCCN(CCC4CCCCC4)C3)C2)CC1. The van der Waals surface area contributed by atoms with E-state index in [9.17, 15) is 4.79 Å². The fourth-order valence-electron chi connectivity index (χ4n) is 5.45. The molecule has 24 heavy (non-hydrogen) atoms. The minimum atomic E-state index is -0.485. The maximum Gasteiger partial charge on any atom is 0.242 e. The molecule has 2 aliphatic heterocycles. The monoisotopic (exact) mass is 333 g/mol. The predicted octanol–water partition coefficient (Wildman–Crippen LogP) is 2.76. The third-order valence-corrected chi connectivity index (χ3v) is 7.26. The molecule has 4 fully saturated rings. The Labute approximate surface area is 147 Å². The number of piperidine rings is 1. The Balaban J connectivity index is 1.29. The Kier molecular flexibility index (Phi) is 4.63. The van der Waals surface area contributed by atoms with Gasteiger partial charge in [0.05, 0.1) is 5.54 Å². The summed E-state index contributed by atoms with van der Waals surface area (Å²) in [4.78, 5) is 17.4. The molecule has 0 aromatic carbocycles. The van der Waals surface area contributed by atoms with Crippen LogP contribution >= 0.6 is 0 Å². The Hall–Kier alpha value is -0.610. The number of nitrogens with two attached hydrogens (primary N) is 1. The number of carbonyl (C=O) groups is 1. The van der Waals surface area contributed by atoms with Crippen LogP contribution < -0.4 is 5.73 Å². The molecule has 2 aliphatic carbocycles. The molecule has 0 radical (unpaired) electrons. The normalized spacial score (nSPS) is 34.0. The van der Waals surface area contributed by atoms with Crippen molar-refractivity contribution < 1.29 is 4.79 Å². The highest BCUT2D eigenvalue weighted by molar-refractivity contribution is 5.89. The Bertz CT molecular complexity index is 470. The molecule has 4 heteroatoms. The lowest BCUT2D eigenvalue weighted by Gasteiger charge is -2.41. The molecule has 2 N–H and O–H groups in total. The lowest BCUT2D eigenvalue weighted by Crippen LogP contribution is -2.48. The van der Waals surface area contributed by atoms with Crippen LogP contribution in [0.4, 0.5) is 0 Å². The second-order valence-corrected chi connectivity index (χ2v) is 9.31. The van der Waals surface area contributed by atoms with Crippen molar-refractivity contribution in [2.75, 3.05) is 32.7 Å². The molecule has 4 aliphatic rings. The summed E-state index contributed by atoms with van der Waals surface area (Å²) in [7, 11) is 0. The number of amides is 1. The number of likely N-dealkylation sites (tertiary alicyclic amines) is 2. The van der Waals surface area contributed by atoms with Gasteiger partial charge >= 0.3 is 0 Å². The van der Waals surface area contributed by atoms with E-state index < -0.39 is 5.54 Å². The van der Waals surface area contributed by atoms with Crippen LogP contribution in [0, 0.1) is 11.3 Å². The Morgan fingerprint density at radius 1 is 0.958 bits per heavy atom. The zero-order chi connectivity index (χ0) is 16.6. The summed E-state index contributed by atoms with van der Waals surface area (Å²) >= 11 is 0. The summed E-state index contributed by atoms with van der Waals surface area (Å²) in [5, 5.41) is 0. The highest BCUT2D eigenvalue weighted by atomic mass is 16.2. The van der Waals surface area contributed by atoms with Gasteiger partial charge < -0.3 is 15.5 Å². The van der Waals surface area contributed by atoms with Crippen LogP contribution in [0.1, 0.15) is 70.6 Å². The fraction of sp³-hybridized carbons (Fsp3) is 0.950. The lowest BCUT2D eigenvalue weighted by atomic mass is 9.79. The molecule has 0 bridgehead atoms. The van der Waals surface area contributed by atoms with Crippen molar-refractivity contribution in [3.05, 3.63) is 0 Å². The van der Waals surface area contributed by atoms with E-state index in [1.54, 1.807) is 0 Å². The molecule has 0 aromatic heterocycles. The number of carbonyl (C=O) groups excluding carboxylic acids is 1. The van der Waals surface area contributed by atoms with Gasteiger partial charge in [0.25, 0.3) is 0 Å². The van der Waals surface area contributed by atoms with Crippen LogP contribution in [-0.2, 0) is 4.79 Å². The molecule has 2 saturated heterocycles. The van der Waals surface area contributed by atoms with Crippen LogP contribution in [0.5, 0.6) is 0 Å². The number of hydrogen-bond acceptors (Lipinski definition) is 3. The van der Waals surface area contributed by atoms with Crippen molar-refractivity contribution in [1.29, 1.82) is 0 Å². The highest BCUT2D eigenvalue weighted by Crippen LogP contribution is 2.42. The first-order valence-electron chi connectivity index (χ1n) is 10.4. The summed E-state index contributed by atoms with van der Waals surface area (Å²) in [6, 6.07) is 0. The minimum Gasteiger partial charge on any atom is -0.340 e. The van der Waals surface area contributed by atoms with E-state index in [0.717, 1.165) is 31.8 Å². The van der Waals surface area contributed by atoms with Crippen LogP contribution in [0.25, 0.3) is 0 Å².